The molecule has 1 aromatic heterocycles. The van der Waals surface area contributed by atoms with Crippen LogP contribution < -0.4 is 10.6 Å². The molecule has 3 N–H and O–H groups in total. The van der Waals surface area contributed by atoms with Crippen LogP contribution in [0.5, 0.6) is 0 Å². The number of carbonyl (C=O) groups is 2. The third-order valence-corrected chi connectivity index (χ3v) is 3.45. The van der Waals surface area contributed by atoms with E-state index < -0.39 is 5.97 Å². The molecule has 21 heavy (non-hydrogen) atoms. The van der Waals surface area contributed by atoms with Crippen molar-refractivity contribution in [2.75, 3.05) is 11.9 Å². The number of hydrogen-bond acceptors (Lipinski definition) is 3. The molecular formula is C15H23N3O3. The number of amides is 2. The molecule has 0 bridgehead atoms. The number of hydrogen-bond donors (Lipinski definition) is 3. The Bertz CT molecular complexity index is 475. The maximum Gasteiger partial charge on any atom is 0.354 e. The molecule has 1 rings (SSSR count). The summed E-state index contributed by atoms with van der Waals surface area (Å²) in [6.07, 6.45) is 1.32. The van der Waals surface area contributed by atoms with Gasteiger partial charge in [-0.2, -0.15) is 0 Å². The van der Waals surface area contributed by atoms with Crippen LogP contribution in [0.3, 0.4) is 0 Å². The summed E-state index contributed by atoms with van der Waals surface area (Å²) in [5.74, 6) is 0.287. The minimum atomic E-state index is -1.09. The topological polar surface area (TPSA) is 91.3 Å². The van der Waals surface area contributed by atoms with Crippen molar-refractivity contribution in [1.29, 1.82) is 0 Å². The van der Waals surface area contributed by atoms with Crippen molar-refractivity contribution < 1.29 is 14.7 Å². The second-order valence-electron chi connectivity index (χ2n) is 5.72. The van der Waals surface area contributed by atoms with E-state index in [0.29, 0.717) is 30.0 Å². The molecule has 0 aliphatic carbocycles. The first-order valence-corrected chi connectivity index (χ1v) is 7.05. The molecule has 0 aliphatic rings. The molecule has 6 heteroatoms. The summed E-state index contributed by atoms with van der Waals surface area (Å²) < 4.78 is 0. The molecule has 0 saturated heterocycles. The SMILES string of the molecule is CC(C)C(CNC(=O)Nc1ccc(C(=O)O)nc1)C(C)C. The van der Waals surface area contributed by atoms with Crippen LogP contribution in [0.4, 0.5) is 10.5 Å². The van der Waals surface area contributed by atoms with Crippen LogP contribution in [0.2, 0.25) is 0 Å². The van der Waals surface area contributed by atoms with Gasteiger partial charge >= 0.3 is 12.0 Å². The zero-order chi connectivity index (χ0) is 16.0. The first-order valence-electron chi connectivity index (χ1n) is 7.05. The standard InChI is InChI=1S/C15H23N3O3/c1-9(2)12(10(3)4)8-17-15(21)18-11-5-6-13(14(19)20)16-7-11/h5-7,9-10,12H,8H2,1-4H3,(H,19,20)(H2,17,18,21). The van der Waals surface area contributed by atoms with Crippen molar-refractivity contribution in [3.63, 3.8) is 0 Å². The summed E-state index contributed by atoms with van der Waals surface area (Å²) in [7, 11) is 0. The number of rotatable bonds is 6. The molecule has 0 aliphatic heterocycles. The van der Waals surface area contributed by atoms with Gasteiger partial charge in [0.05, 0.1) is 11.9 Å². The average molecular weight is 293 g/mol. The summed E-state index contributed by atoms with van der Waals surface area (Å²) >= 11 is 0. The molecule has 0 fully saturated rings. The molecule has 0 saturated carbocycles. The van der Waals surface area contributed by atoms with Crippen molar-refractivity contribution in [3.05, 3.63) is 24.0 Å². The lowest BCUT2D eigenvalue weighted by Crippen LogP contribution is -2.36. The second kappa shape index (κ2) is 7.61. The molecule has 1 heterocycles. The lowest BCUT2D eigenvalue weighted by atomic mass is 9.85. The Morgan fingerprint density at radius 3 is 2.24 bits per heavy atom. The van der Waals surface area contributed by atoms with Crippen LogP contribution >= 0.6 is 0 Å². The Labute approximate surface area is 125 Å². The highest BCUT2D eigenvalue weighted by atomic mass is 16.4. The van der Waals surface area contributed by atoms with Crippen molar-refractivity contribution >= 4 is 17.7 Å². The van der Waals surface area contributed by atoms with Crippen molar-refractivity contribution in [3.8, 4) is 0 Å². The van der Waals surface area contributed by atoms with Crippen molar-refractivity contribution in [2.24, 2.45) is 17.8 Å². The van der Waals surface area contributed by atoms with Gasteiger partial charge in [0.1, 0.15) is 5.69 Å². The predicted octanol–water partition coefficient (Wildman–Crippen LogP) is 2.83. The summed E-state index contributed by atoms with van der Waals surface area (Å²) in [6, 6.07) is 2.55. The van der Waals surface area contributed by atoms with Crippen LogP contribution in [0.15, 0.2) is 18.3 Å². The number of nitrogens with one attached hydrogen (secondary N) is 2. The minimum Gasteiger partial charge on any atom is -0.477 e. The lowest BCUT2D eigenvalue weighted by molar-refractivity contribution is 0.0690. The number of nitrogens with zero attached hydrogens (tertiary/aromatic N) is 1. The third kappa shape index (κ3) is 5.41. The largest absolute Gasteiger partial charge is 0.477 e. The fourth-order valence-corrected chi connectivity index (χ4v) is 2.22. The van der Waals surface area contributed by atoms with E-state index in [1.807, 2.05) is 0 Å². The fraction of sp³-hybridized carbons (Fsp3) is 0.533. The summed E-state index contributed by atoms with van der Waals surface area (Å²) in [6.45, 7) is 9.15. The number of aromatic carboxylic acids is 1. The van der Waals surface area contributed by atoms with Gasteiger partial charge in [-0.15, -0.1) is 0 Å². The summed E-state index contributed by atoms with van der Waals surface area (Å²) in [5, 5.41) is 14.2. The van der Waals surface area contributed by atoms with Crippen LogP contribution in [0.25, 0.3) is 0 Å². The Hall–Kier alpha value is -2.11. The minimum absolute atomic E-state index is 0.0550. The maximum atomic E-state index is 11.8. The Morgan fingerprint density at radius 1 is 1.19 bits per heavy atom. The van der Waals surface area contributed by atoms with Crippen LogP contribution in [-0.4, -0.2) is 28.6 Å². The van der Waals surface area contributed by atoms with Gasteiger partial charge in [0.2, 0.25) is 0 Å². The number of pyridine rings is 1. The van der Waals surface area contributed by atoms with E-state index in [2.05, 4.69) is 43.3 Å². The Balaban J connectivity index is 2.51. The van der Waals surface area contributed by atoms with E-state index in [1.54, 1.807) is 0 Å². The van der Waals surface area contributed by atoms with Crippen LogP contribution in [0.1, 0.15) is 38.2 Å². The molecule has 1 aromatic rings. The van der Waals surface area contributed by atoms with Gasteiger partial charge in [0.15, 0.2) is 0 Å². The van der Waals surface area contributed by atoms with Crippen LogP contribution in [0, 0.1) is 17.8 Å². The maximum absolute atomic E-state index is 11.8. The first-order chi connectivity index (χ1) is 9.81. The first kappa shape index (κ1) is 16.9. The normalized spacial score (nSPS) is 11.0. The molecule has 0 unspecified atom stereocenters. The van der Waals surface area contributed by atoms with Gasteiger partial charge in [-0.25, -0.2) is 14.6 Å². The van der Waals surface area contributed by atoms with Gasteiger partial charge in [-0.3, -0.25) is 0 Å². The molecular weight excluding hydrogens is 270 g/mol. The second-order valence-corrected chi connectivity index (χ2v) is 5.72. The number of anilines is 1. The zero-order valence-corrected chi connectivity index (χ0v) is 12.9. The molecule has 116 valence electrons. The van der Waals surface area contributed by atoms with Crippen molar-refractivity contribution in [1.82, 2.24) is 10.3 Å². The molecule has 0 atom stereocenters. The van der Waals surface area contributed by atoms with E-state index in [9.17, 15) is 9.59 Å². The third-order valence-electron chi connectivity index (χ3n) is 3.45. The number of aromatic nitrogens is 1. The zero-order valence-electron chi connectivity index (χ0n) is 12.9. The highest BCUT2D eigenvalue weighted by molar-refractivity contribution is 5.90. The van der Waals surface area contributed by atoms with E-state index in [0.717, 1.165) is 0 Å². The summed E-state index contributed by atoms with van der Waals surface area (Å²) in [4.78, 5) is 26.2. The van der Waals surface area contributed by atoms with E-state index in [1.165, 1.54) is 18.3 Å². The smallest absolute Gasteiger partial charge is 0.354 e. The Morgan fingerprint density at radius 2 is 1.81 bits per heavy atom. The van der Waals surface area contributed by atoms with E-state index >= 15 is 0 Å². The van der Waals surface area contributed by atoms with Gasteiger partial charge in [-0.1, -0.05) is 27.7 Å². The molecule has 2 amide bonds. The summed E-state index contributed by atoms with van der Waals surface area (Å²) in [5.41, 5.74) is 0.406. The van der Waals surface area contributed by atoms with Crippen molar-refractivity contribution in [2.45, 2.75) is 27.7 Å². The fourth-order valence-electron chi connectivity index (χ4n) is 2.22. The number of urea groups is 1. The molecule has 0 aromatic carbocycles. The average Bonchev–Trinajstić information content (AvgIpc) is 2.38. The Kier molecular flexibility index (Phi) is 6.14. The highest BCUT2D eigenvalue weighted by Gasteiger charge is 2.18. The molecule has 6 nitrogen and oxygen atoms in total. The van der Waals surface area contributed by atoms with Gasteiger partial charge < -0.3 is 15.7 Å². The lowest BCUT2D eigenvalue weighted by Gasteiger charge is -2.25. The van der Waals surface area contributed by atoms with E-state index in [4.69, 9.17) is 5.11 Å². The molecule has 0 radical (unpaired) electrons. The van der Waals surface area contributed by atoms with Crippen LogP contribution in [-0.2, 0) is 0 Å². The number of carboxylic acids is 1. The monoisotopic (exact) mass is 293 g/mol. The van der Waals surface area contributed by atoms with Gasteiger partial charge in [0.25, 0.3) is 0 Å². The highest BCUT2D eigenvalue weighted by Crippen LogP contribution is 2.19. The van der Waals surface area contributed by atoms with Gasteiger partial charge in [0, 0.05) is 6.54 Å². The van der Waals surface area contributed by atoms with E-state index in [-0.39, 0.29) is 11.7 Å². The number of carboxylic acid groups (broad SMARTS) is 1. The predicted molar refractivity (Wildman–Crippen MR) is 81.4 cm³/mol. The molecule has 0 spiro atoms. The number of carbonyl (C=O) groups excluding carboxylic acids is 1. The quantitative estimate of drug-likeness (QED) is 0.752. The van der Waals surface area contributed by atoms with Gasteiger partial charge in [-0.05, 0) is 29.9 Å².